The van der Waals surface area contributed by atoms with Gasteiger partial charge in [-0.2, -0.15) is 4.31 Å². The minimum absolute atomic E-state index is 0.121. The highest BCUT2D eigenvalue weighted by molar-refractivity contribution is 7.89. The van der Waals surface area contributed by atoms with E-state index in [0.717, 1.165) is 0 Å². The quantitative estimate of drug-likeness (QED) is 0.759. The first-order chi connectivity index (χ1) is 13.6. The van der Waals surface area contributed by atoms with Crippen molar-refractivity contribution >= 4 is 26.9 Å². The van der Waals surface area contributed by atoms with Crippen LogP contribution in [0.25, 0.3) is 10.8 Å². The average Bonchev–Trinajstić information content (AvgIpc) is 2.96. The predicted octanol–water partition coefficient (Wildman–Crippen LogP) is 2.48. The van der Waals surface area contributed by atoms with E-state index in [1.807, 2.05) is 26.8 Å². The summed E-state index contributed by atoms with van der Waals surface area (Å²) in [5.74, 6) is 0.537. The molecule has 2 aliphatic rings. The standard InChI is InChI=1S/C20H25N3O5S/c1-20(2,3)28-19(24)23-11-14-10-22(12-15(14)23)29(25,26)17-7-5-6-13-8-21-9-16(27-4)18(13)17/h5-9,14-15H,10-12H2,1-4H3. The monoisotopic (exact) mass is 419 g/mol. The molecule has 1 aromatic heterocycles. The third kappa shape index (κ3) is 3.42. The maximum atomic E-state index is 13.5. The zero-order chi connectivity index (χ0) is 21.0. The van der Waals surface area contributed by atoms with E-state index in [2.05, 4.69) is 4.98 Å². The molecule has 2 atom stereocenters. The van der Waals surface area contributed by atoms with E-state index in [1.165, 1.54) is 17.6 Å². The number of hydrogen-bond donors (Lipinski definition) is 0. The topological polar surface area (TPSA) is 89.0 Å². The van der Waals surface area contributed by atoms with Crippen LogP contribution in [0, 0.1) is 5.92 Å². The molecule has 3 heterocycles. The van der Waals surface area contributed by atoms with Gasteiger partial charge in [-0.3, -0.25) is 4.98 Å². The summed E-state index contributed by atoms with van der Waals surface area (Å²) in [6, 6.07) is 4.94. The summed E-state index contributed by atoms with van der Waals surface area (Å²) in [6.07, 6.45) is 2.74. The molecule has 2 fully saturated rings. The fraction of sp³-hybridized carbons (Fsp3) is 0.500. The Morgan fingerprint density at radius 3 is 2.62 bits per heavy atom. The van der Waals surface area contributed by atoms with Gasteiger partial charge in [0.15, 0.2) is 0 Å². The summed E-state index contributed by atoms with van der Waals surface area (Å²) >= 11 is 0. The number of methoxy groups -OCH3 is 1. The molecule has 1 amide bonds. The first kappa shape index (κ1) is 19.9. The minimum Gasteiger partial charge on any atom is -0.494 e. The van der Waals surface area contributed by atoms with Crippen molar-refractivity contribution in [2.75, 3.05) is 26.7 Å². The first-order valence-corrected chi connectivity index (χ1v) is 11.0. The summed E-state index contributed by atoms with van der Waals surface area (Å²) in [7, 11) is -2.27. The van der Waals surface area contributed by atoms with E-state index in [0.29, 0.717) is 29.6 Å². The highest BCUT2D eigenvalue weighted by Crippen LogP contribution is 2.38. The molecule has 2 aliphatic heterocycles. The Labute approximate surface area is 170 Å². The number of hydrogen-bond acceptors (Lipinski definition) is 6. The molecule has 0 N–H and O–H groups in total. The maximum Gasteiger partial charge on any atom is 0.410 e. The van der Waals surface area contributed by atoms with Gasteiger partial charge in [-0.05, 0) is 26.8 Å². The second-order valence-corrected chi connectivity index (χ2v) is 10.4. The Morgan fingerprint density at radius 1 is 1.17 bits per heavy atom. The van der Waals surface area contributed by atoms with Crippen molar-refractivity contribution in [2.24, 2.45) is 5.92 Å². The second-order valence-electron chi connectivity index (χ2n) is 8.48. The lowest BCUT2D eigenvalue weighted by Gasteiger charge is -2.43. The molecule has 156 valence electrons. The van der Waals surface area contributed by atoms with Crippen molar-refractivity contribution in [1.29, 1.82) is 0 Å². The molecule has 4 rings (SSSR count). The van der Waals surface area contributed by atoms with Crippen LogP contribution in [0.3, 0.4) is 0 Å². The summed E-state index contributed by atoms with van der Waals surface area (Å²) in [5.41, 5.74) is -0.583. The van der Waals surface area contributed by atoms with Gasteiger partial charge in [-0.15, -0.1) is 0 Å². The number of likely N-dealkylation sites (tertiary alicyclic amines) is 1. The largest absolute Gasteiger partial charge is 0.494 e. The van der Waals surface area contributed by atoms with E-state index in [-0.39, 0.29) is 23.4 Å². The molecule has 0 saturated carbocycles. The SMILES string of the molecule is COc1cncc2cccc(S(=O)(=O)N3CC4CN(C(=O)OC(C)(C)C)C4C3)c12. The van der Waals surface area contributed by atoms with Gasteiger partial charge in [0.25, 0.3) is 0 Å². The van der Waals surface area contributed by atoms with Crippen LogP contribution in [0.2, 0.25) is 0 Å². The van der Waals surface area contributed by atoms with Crippen LogP contribution in [0.15, 0.2) is 35.5 Å². The molecule has 0 bridgehead atoms. The van der Waals surface area contributed by atoms with Gasteiger partial charge in [-0.1, -0.05) is 12.1 Å². The highest BCUT2D eigenvalue weighted by atomic mass is 32.2. The lowest BCUT2D eigenvalue weighted by Crippen LogP contribution is -2.59. The Hall–Kier alpha value is -2.39. The molecule has 2 saturated heterocycles. The van der Waals surface area contributed by atoms with Gasteiger partial charge in [-0.25, -0.2) is 13.2 Å². The minimum atomic E-state index is -3.76. The van der Waals surface area contributed by atoms with Crippen LogP contribution in [0.5, 0.6) is 5.75 Å². The van der Waals surface area contributed by atoms with Crippen molar-refractivity contribution in [3.05, 3.63) is 30.6 Å². The third-order valence-electron chi connectivity index (χ3n) is 5.38. The summed E-state index contributed by atoms with van der Waals surface area (Å²) < 4.78 is 39.2. The van der Waals surface area contributed by atoms with E-state index in [4.69, 9.17) is 9.47 Å². The average molecular weight is 420 g/mol. The first-order valence-electron chi connectivity index (χ1n) is 9.52. The zero-order valence-corrected chi connectivity index (χ0v) is 17.8. The number of benzene rings is 1. The predicted molar refractivity (Wildman–Crippen MR) is 107 cm³/mol. The second kappa shape index (κ2) is 6.84. The lowest BCUT2D eigenvalue weighted by molar-refractivity contribution is -0.0164. The van der Waals surface area contributed by atoms with Crippen LogP contribution >= 0.6 is 0 Å². The van der Waals surface area contributed by atoms with Gasteiger partial charge in [0.2, 0.25) is 10.0 Å². The molecule has 1 aromatic carbocycles. The zero-order valence-electron chi connectivity index (χ0n) is 17.0. The lowest BCUT2D eigenvalue weighted by atomic mass is 9.93. The van der Waals surface area contributed by atoms with Crippen LogP contribution in [-0.2, 0) is 14.8 Å². The van der Waals surface area contributed by atoms with Crippen LogP contribution < -0.4 is 4.74 Å². The number of carbonyl (C=O) groups is 1. The Balaban J connectivity index is 1.61. The molecule has 0 radical (unpaired) electrons. The summed E-state index contributed by atoms with van der Waals surface area (Å²) in [5, 5.41) is 1.22. The Kier molecular flexibility index (Phi) is 4.70. The fourth-order valence-electron chi connectivity index (χ4n) is 4.00. The highest BCUT2D eigenvalue weighted by Gasteiger charge is 2.52. The third-order valence-corrected chi connectivity index (χ3v) is 7.25. The van der Waals surface area contributed by atoms with Gasteiger partial charge in [0.05, 0.1) is 24.2 Å². The number of sulfonamides is 1. The number of fused-ring (bicyclic) bond motifs is 2. The van der Waals surface area contributed by atoms with Gasteiger partial charge in [0.1, 0.15) is 11.4 Å². The smallest absolute Gasteiger partial charge is 0.410 e. The van der Waals surface area contributed by atoms with E-state index >= 15 is 0 Å². The van der Waals surface area contributed by atoms with Gasteiger partial charge < -0.3 is 14.4 Å². The number of ether oxygens (including phenoxy) is 2. The van der Waals surface area contributed by atoms with Gasteiger partial charge in [0, 0.05) is 42.5 Å². The molecular formula is C20H25N3O5S. The summed E-state index contributed by atoms with van der Waals surface area (Å²) in [4.78, 5) is 18.3. The molecule has 9 heteroatoms. The number of aromatic nitrogens is 1. The number of nitrogens with zero attached hydrogens (tertiary/aromatic N) is 3. The van der Waals surface area contributed by atoms with E-state index in [1.54, 1.807) is 23.2 Å². The van der Waals surface area contributed by atoms with Crippen LogP contribution in [0.1, 0.15) is 20.8 Å². The van der Waals surface area contributed by atoms with Crippen LogP contribution in [0.4, 0.5) is 4.79 Å². The number of rotatable bonds is 3. The normalized spacial score (nSPS) is 22.3. The van der Waals surface area contributed by atoms with Crippen molar-refractivity contribution in [1.82, 2.24) is 14.2 Å². The van der Waals surface area contributed by atoms with Crippen molar-refractivity contribution in [3.8, 4) is 5.75 Å². The number of amides is 1. The fourth-order valence-corrected chi connectivity index (χ4v) is 5.74. The Morgan fingerprint density at radius 2 is 1.93 bits per heavy atom. The Bertz CT molecular complexity index is 1060. The van der Waals surface area contributed by atoms with Crippen LogP contribution in [-0.4, -0.2) is 67.1 Å². The summed E-state index contributed by atoms with van der Waals surface area (Å²) in [6.45, 7) is 6.60. The van der Waals surface area contributed by atoms with E-state index < -0.39 is 21.7 Å². The van der Waals surface area contributed by atoms with E-state index in [9.17, 15) is 13.2 Å². The van der Waals surface area contributed by atoms with Gasteiger partial charge >= 0.3 is 6.09 Å². The number of pyridine rings is 1. The maximum absolute atomic E-state index is 13.5. The van der Waals surface area contributed by atoms with Crippen molar-refractivity contribution in [2.45, 2.75) is 37.3 Å². The number of carbonyl (C=O) groups excluding carboxylic acids is 1. The molecule has 8 nitrogen and oxygen atoms in total. The molecule has 29 heavy (non-hydrogen) atoms. The molecule has 2 unspecified atom stereocenters. The molecule has 2 aromatic rings. The van der Waals surface area contributed by atoms with Crippen molar-refractivity contribution < 1.29 is 22.7 Å². The molecule has 0 aliphatic carbocycles. The molecular weight excluding hydrogens is 394 g/mol. The molecule has 0 spiro atoms. The van der Waals surface area contributed by atoms with Crippen molar-refractivity contribution in [3.63, 3.8) is 0 Å².